The minimum absolute atomic E-state index is 0.0188. The Bertz CT molecular complexity index is 915. The smallest absolute Gasteiger partial charge is 0.297 e. The van der Waals surface area contributed by atoms with E-state index in [-0.39, 0.29) is 6.10 Å². The van der Waals surface area contributed by atoms with Gasteiger partial charge in [-0.05, 0) is 24.3 Å². The van der Waals surface area contributed by atoms with Crippen LogP contribution in [0, 0.1) is 0 Å². The van der Waals surface area contributed by atoms with Gasteiger partial charge in [0.2, 0.25) is 0 Å². The Morgan fingerprint density at radius 3 is 2.72 bits per heavy atom. The van der Waals surface area contributed by atoms with E-state index in [1.807, 2.05) is 18.2 Å². The van der Waals surface area contributed by atoms with Crippen molar-refractivity contribution in [3.63, 3.8) is 0 Å². The van der Waals surface area contributed by atoms with E-state index in [9.17, 15) is 0 Å². The summed E-state index contributed by atoms with van der Waals surface area (Å²) in [4.78, 5) is 4.54. The van der Waals surface area contributed by atoms with Crippen LogP contribution in [0.1, 0.15) is 6.42 Å². The Balaban J connectivity index is 1.23. The standard InChI is InChI=1S/C20H22N2O2Si/c1-25(11-4-12-25)17-9-7-15(8-10-17)23-14-16-13-22-19-6-3-2-5-18(19)21-20(22)24-16/h2-3,5-10,16H,4,11-14H2,1H3/t16-/m0/s1. The summed E-state index contributed by atoms with van der Waals surface area (Å²) in [5.41, 5.74) is 2.11. The van der Waals surface area contributed by atoms with Crippen molar-refractivity contribution >= 4 is 24.3 Å². The maximum atomic E-state index is 5.97. The van der Waals surface area contributed by atoms with E-state index in [0.29, 0.717) is 12.6 Å². The van der Waals surface area contributed by atoms with Crippen molar-refractivity contribution in [3.8, 4) is 11.8 Å². The molecule has 2 aliphatic rings. The summed E-state index contributed by atoms with van der Waals surface area (Å²) in [5.74, 6) is 0.929. The molecule has 0 bridgehead atoms. The lowest BCUT2D eigenvalue weighted by molar-refractivity contribution is 0.144. The molecule has 2 aliphatic heterocycles. The van der Waals surface area contributed by atoms with Crippen molar-refractivity contribution < 1.29 is 9.47 Å². The zero-order valence-corrected chi connectivity index (χ0v) is 15.4. The van der Waals surface area contributed by atoms with Crippen LogP contribution in [0.4, 0.5) is 0 Å². The van der Waals surface area contributed by atoms with Gasteiger partial charge in [-0.15, -0.1) is 0 Å². The summed E-state index contributed by atoms with van der Waals surface area (Å²) >= 11 is 0. The van der Waals surface area contributed by atoms with E-state index in [1.165, 1.54) is 18.5 Å². The molecular formula is C20H22N2O2Si. The molecule has 1 saturated heterocycles. The molecule has 0 saturated carbocycles. The highest BCUT2D eigenvalue weighted by Gasteiger charge is 2.35. The molecule has 3 aromatic rings. The summed E-state index contributed by atoms with van der Waals surface area (Å²) in [5, 5.41) is 1.56. The zero-order valence-electron chi connectivity index (χ0n) is 14.4. The van der Waals surface area contributed by atoms with Gasteiger partial charge in [-0.2, -0.15) is 4.98 Å². The number of ether oxygens (including phenoxy) is 2. The Morgan fingerprint density at radius 2 is 1.96 bits per heavy atom. The van der Waals surface area contributed by atoms with Gasteiger partial charge in [0.1, 0.15) is 12.4 Å². The third-order valence-corrected chi connectivity index (χ3v) is 10.4. The third kappa shape index (κ3) is 2.54. The van der Waals surface area contributed by atoms with Crippen LogP contribution in [0.25, 0.3) is 11.0 Å². The molecular weight excluding hydrogens is 328 g/mol. The fourth-order valence-electron chi connectivity index (χ4n) is 3.93. The van der Waals surface area contributed by atoms with E-state index < -0.39 is 8.07 Å². The SMILES string of the molecule is C[Si]1(c2ccc(OC[C@@H]3Cn4c(nc5ccccc54)O3)cc2)CCC1. The highest BCUT2D eigenvalue weighted by Crippen LogP contribution is 2.32. The molecule has 0 aliphatic carbocycles. The first kappa shape index (κ1) is 15.0. The average molecular weight is 350 g/mol. The molecule has 0 amide bonds. The maximum Gasteiger partial charge on any atom is 0.297 e. The highest BCUT2D eigenvalue weighted by atomic mass is 28.3. The Labute approximate surface area is 148 Å². The monoisotopic (exact) mass is 350 g/mol. The number of hydrogen-bond donors (Lipinski definition) is 0. The van der Waals surface area contributed by atoms with Gasteiger partial charge in [-0.25, -0.2) is 0 Å². The first-order valence-corrected chi connectivity index (χ1v) is 12.0. The lowest BCUT2D eigenvalue weighted by atomic mass is 10.3. The van der Waals surface area contributed by atoms with Crippen molar-refractivity contribution in [2.75, 3.05) is 6.61 Å². The van der Waals surface area contributed by atoms with Crippen LogP contribution in [-0.4, -0.2) is 30.3 Å². The molecule has 1 aromatic heterocycles. The van der Waals surface area contributed by atoms with Crippen LogP contribution < -0.4 is 14.7 Å². The predicted molar refractivity (Wildman–Crippen MR) is 102 cm³/mol. The van der Waals surface area contributed by atoms with Gasteiger partial charge in [-0.3, -0.25) is 4.57 Å². The maximum absolute atomic E-state index is 5.97. The minimum Gasteiger partial charge on any atom is -0.490 e. The fourth-order valence-corrected chi connectivity index (χ4v) is 6.90. The largest absolute Gasteiger partial charge is 0.490 e. The van der Waals surface area contributed by atoms with Crippen molar-refractivity contribution in [3.05, 3.63) is 48.5 Å². The zero-order chi connectivity index (χ0) is 16.9. The molecule has 1 atom stereocenters. The highest BCUT2D eigenvalue weighted by molar-refractivity contribution is 6.92. The van der Waals surface area contributed by atoms with Gasteiger partial charge >= 0.3 is 0 Å². The molecule has 0 spiro atoms. The Morgan fingerprint density at radius 1 is 1.16 bits per heavy atom. The molecule has 0 unspecified atom stereocenters. The number of aromatic nitrogens is 2. The predicted octanol–water partition coefficient (Wildman–Crippen LogP) is 3.57. The normalized spacial score (nSPS) is 20.8. The second kappa shape index (κ2) is 5.63. The lowest BCUT2D eigenvalue weighted by Gasteiger charge is -2.36. The number of fused-ring (bicyclic) bond motifs is 3. The van der Waals surface area contributed by atoms with E-state index >= 15 is 0 Å². The number of nitrogens with zero attached hydrogens (tertiary/aromatic N) is 2. The van der Waals surface area contributed by atoms with E-state index in [4.69, 9.17) is 9.47 Å². The van der Waals surface area contributed by atoms with E-state index in [2.05, 4.69) is 46.4 Å². The molecule has 5 rings (SSSR count). The first-order valence-electron chi connectivity index (χ1n) is 9.07. The Kier molecular flexibility index (Phi) is 3.38. The van der Waals surface area contributed by atoms with Crippen molar-refractivity contribution in [1.82, 2.24) is 9.55 Å². The summed E-state index contributed by atoms with van der Waals surface area (Å²) in [7, 11) is -1.10. The van der Waals surface area contributed by atoms with Gasteiger partial charge in [-0.1, -0.05) is 54.5 Å². The summed E-state index contributed by atoms with van der Waals surface area (Å²) in [6.45, 7) is 3.83. The van der Waals surface area contributed by atoms with Crippen LogP contribution in [0.15, 0.2) is 48.5 Å². The minimum atomic E-state index is -1.10. The molecule has 25 heavy (non-hydrogen) atoms. The van der Waals surface area contributed by atoms with Crippen LogP contribution >= 0.6 is 0 Å². The fraction of sp³-hybridized carbons (Fsp3) is 0.350. The lowest BCUT2D eigenvalue weighted by Crippen LogP contribution is -2.50. The number of hydrogen-bond acceptors (Lipinski definition) is 3. The Hall–Kier alpha value is -2.27. The van der Waals surface area contributed by atoms with Crippen molar-refractivity contribution in [2.24, 2.45) is 0 Å². The van der Waals surface area contributed by atoms with Gasteiger partial charge in [0.05, 0.1) is 25.7 Å². The third-order valence-electron chi connectivity index (χ3n) is 5.72. The molecule has 2 aromatic carbocycles. The van der Waals surface area contributed by atoms with E-state index in [1.54, 1.807) is 5.19 Å². The van der Waals surface area contributed by atoms with E-state index in [0.717, 1.165) is 23.3 Å². The van der Waals surface area contributed by atoms with Crippen molar-refractivity contribution in [2.45, 2.75) is 37.7 Å². The summed E-state index contributed by atoms with van der Waals surface area (Å²) in [6.07, 6.45) is 1.43. The average Bonchev–Trinajstić information content (AvgIpc) is 3.16. The molecule has 0 radical (unpaired) electrons. The molecule has 4 nitrogen and oxygen atoms in total. The molecule has 0 N–H and O–H groups in total. The quantitative estimate of drug-likeness (QED) is 0.675. The van der Waals surface area contributed by atoms with Crippen LogP contribution in [0.3, 0.4) is 0 Å². The second-order valence-corrected chi connectivity index (χ2v) is 12.2. The number of imidazole rings is 1. The van der Waals surface area contributed by atoms with Gasteiger partial charge in [0, 0.05) is 0 Å². The summed E-state index contributed by atoms with van der Waals surface area (Å²) in [6, 6.07) is 20.5. The van der Waals surface area contributed by atoms with Gasteiger partial charge < -0.3 is 9.47 Å². The van der Waals surface area contributed by atoms with Crippen LogP contribution in [-0.2, 0) is 6.54 Å². The number of benzene rings is 2. The topological polar surface area (TPSA) is 36.3 Å². The van der Waals surface area contributed by atoms with Gasteiger partial charge in [0.15, 0.2) is 6.10 Å². The molecule has 128 valence electrons. The first-order chi connectivity index (χ1) is 12.2. The second-order valence-electron chi connectivity index (χ2n) is 7.48. The summed E-state index contributed by atoms with van der Waals surface area (Å²) < 4.78 is 14.1. The van der Waals surface area contributed by atoms with Crippen molar-refractivity contribution in [1.29, 1.82) is 0 Å². The molecule has 3 heterocycles. The number of para-hydroxylation sites is 2. The van der Waals surface area contributed by atoms with Crippen LogP contribution in [0.2, 0.25) is 18.6 Å². The molecule has 1 fully saturated rings. The number of rotatable bonds is 4. The molecule has 5 heteroatoms. The van der Waals surface area contributed by atoms with Gasteiger partial charge in [0.25, 0.3) is 6.01 Å². The van der Waals surface area contributed by atoms with Crippen LogP contribution in [0.5, 0.6) is 11.8 Å².